The molecule has 3 aromatic heterocycles. The molecule has 0 bridgehead atoms. The minimum absolute atomic E-state index is 0.477. The summed E-state index contributed by atoms with van der Waals surface area (Å²) in [6, 6.07) is 8.36. The van der Waals surface area contributed by atoms with Gasteiger partial charge in [0.1, 0.15) is 6.07 Å². The van der Waals surface area contributed by atoms with Crippen LogP contribution in [-0.2, 0) is 0 Å². The van der Waals surface area contributed by atoms with E-state index in [0.29, 0.717) is 11.3 Å². The zero-order valence-corrected chi connectivity index (χ0v) is 16.7. The van der Waals surface area contributed by atoms with Crippen LogP contribution in [0.25, 0.3) is 22.0 Å². The van der Waals surface area contributed by atoms with Crippen molar-refractivity contribution in [2.75, 3.05) is 23.3 Å². The maximum atomic E-state index is 9.69. The molecule has 0 saturated carbocycles. The third-order valence-electron chi connectivity index (χ3n) is 5.67. The predicted molar refractivity (Wildman–Crippen MR) is 118 cm³/mol. The Bertz CT molecular complexity index is 1250. The van der Waals surface area contributed by atoms with Crippen molar-refractivity contribution in [1.29, 1.82) is 5.26 Å². The number of hydrogen-bond donors (Lipinski definition) is 2. The Balaban J connectivity index is 1.55. The standard InChI is InChI=1S/C23H21N7/c1-15-18-6-7-26-21(18)5-4-20(15)29-22-16(10-24)11-25-14-19(22)17-12-27-23(28-13-17)30-8-2-3-9-30/h4-7,11-14,26H,2-3,8-9H2,1H3,(H,25,29). The first-order valence-corrected chi connectivity index (χ1v) is 10.0. The summed E-state index contributed by atoms with van der Waals surface area (Å²) >= 11 is 0. The van der Waals surface area contributed by atoms with Gasteiger partial charge in [-0.05, 0) is 43.5 Å². The van der Waals surface area contributed by atoms with Gasteiger partial charge in [-0.1, -0.05) is 0 Å². The second kappa shape index (κ2) is 7.48. The first-order valence-electron chi connectivity index (χ1n) is 10.0. The van der Waals surface area contributed by atoms with Crippen LogP contribution in [0.15, 0.2) is 49.2 Å². The topological polar surface area (TPSA) is 93.5 Å². The highest BCUT2D eigenvalue weighted by Crippen LogP contribution is 2.34. The van der Waals surface area contributed by atoms with E-state index in [9.17, 15) is 5.26 Å². The molecule has 1 saturated heterocycles. The Morgan fingerprint density at radius 2 is 1.87 bits per heavy atom. The minimum atomic E-state index is 0.477. The number of nitrogens with zero attached hydrogens (tertiary/aromatic N) is 5. The van der Waals surface area contributed by atoms with Crippen LogP contribution in [0.5, 0.6) is 0 Å². The summed E-state index contributed by atoms with van der Waals surface area (Å²) in [6.45, 7) is 4.07. The molecule has 7 heteroatoms. The molecule has 1 aromatic carbocycles. The third-order valence-corrected chi connectivity index (χ3v) is 5.67. The number of fused-ring (bicyclic) bond motifs is 1. The van der Waals surface area contributed by atoms with Crippen molar-refractivity contribution < 1.29 is 0 Å². The number of hydrogen-bond acceptors (Lipinski definition) is 6. The average molecular weight is 395 g/mol. The molecule has 7 nitrogen and oxygen atoms in total. The first-order chi connectivity index (χ1) is 14.7. The number of benzene rings is 1. The third kappa shape index (κ3) is 3.12. The van der Waals surface area contributed by atoms with Gasteiger partial charge < -0.3 is 15.2 Å². The van der Waals surface area contributed by atoms with Gasteiger partial charge in [0, 0.05) is 71.8 Å². The van der Waals surface area contributed by atoms with E-state index >= 15 is 0 Å². The van der Waals surface area contributed by atoms with E-state index in [1.807, 2.05) is 30.7 Å². The molecule has 5 rings (SSSR count). The molecule has 0 amide bonds. The maximum Gasteiger partial charge on any atom is 0.225 e. The zero-order valence-electron chi connectivity index (χ0n) is 16.7. The number of aromatic nitrogens is 4. The number of H-pyrrole nitrogens is 1. The summed E-state index contributed by atoms with van der Waals surface area (Å²) in [4.78, 5) is 18.8. The van der Waals surface area contributed by atoms with Gasteiger partial charge in [0.2, 0.25) is 5.95 Å². The lowest BCUT2D eigenvalue weighted by atomic mass is 10.0. The van der Waals surface area contributed by atoms with Crippen LogP contribution in [0.4, 0.5) is 17.3 Å². The normalized spacial score (nSPS) is 13.5. The number of aromatic amines is 1. The largest absolute Gasteiger partial charge is 0.361 e. The van der Waals surface area contributed by atoms with Crippen molar-refractivity contribution >= 4 is 28.2 Å². The Morgan fingerprint density at radius 1 is 1.07 bits per heavy atom. The molecule has 1 aliphatic rings. The Kier molecular flexibility index (Phi) is 4.52. The van der Waals surface area contributed by atoms with Gasteiger partial charge in [-0.2, -0.15) is 5.26 Å². The van der Waals surface area contributed by atoms with Gasteiger partial charge in [0.05, 0.1) is 11.3 Å². The highest BCUT2D eigenvalue weighted by atomic mass is 15.3. The van der Waals surface area contributed by atoms with E-state index < -0.39 is 0 Å². The van der Waals surface area contributed by atoms with Crippen LogP contribution < -0.4 is 10.2 Å². The minimum Gasteiger partial charge on any atom is -0.361 e. The summed E-state index contributed by atoms with van der Waals surface area (Å²) in [6.07, 6.45) is 11.2. The number of anilines is 3. The Labute approximate surface area is 174 Å². The van der Waals surface area contributed by atoms with E-state index in [-0.39, 0.29) is 0 Å². The molecule has 0 spiro atoms. The fraction of sp³-hybridized carbons (Fsp3) is 0.217. The molecular formula is C23H21N7. The molecule has 0 atom stereocenters. The highest BCUT2D eigenvalue weighted by molar-refractivity contribution is 5.91. The number of nitriles is 1. The molecule has 1 fully saturated rings. The zero-order chi connectivity index (χ0) is 20.5. The van der Waals surface area contributed by atoms with Gasteiger partial charge >= 0.3 is 0 Å². The van der Waals surface area contributed by atoms with Gasteiger partial charge in [-0.15, -0.1) is 0 Å². The van der Waals surface area contributed by atoms with Crippen LogP contribution in [0, 0.1) is 18.3 Å². The molecule has 30 heavy (non-hydrogen) atoms. The molecule has 0 aliphatic carbocycles. The Morgan fingerprint density at radius 3 is 2.63 bits per heavy atom. The summed E-state index contributed by atoms with van der Waals surface area (Å²) < 4.78 is 0. The molecule has 0 radical (unpaired) electrons. The molecule has 2 N–H and O–H groups in total. The second-order valence-electron chi connectivity index (χ2n) is 7.49. The number of pyridine rings is 1. The van der Waals surface area contributed by atoms with Crippen LogP contribution in [0.1, 0.15) is 24.0 Å². The first kappa shape index (κ1) is 18.1. The van der Waals surface area contributed by atoms with Crippen molar-refractivity contribution in [3.8, 4) is 17.2 Å². The van der Waals surface area contributed by atoms with Gasteiger partial charge in [0.25, 0.3) is 0 Å². The highest BCUT2D eigenvalue weighted by Gasteiger charge is 2.17. The molecule has 1 aliphatic heterocycles. The summed E-state index contributed by atoms with van der Waals surface area (Å²) in [5, 5.41) is 14.3. The lowest BCUT2D eigenvalue weighted by Gasteiger charge is -2.17. The van der Waals surface area contributed by atoms with E-state index in [2.05, 4.69) is 49.2 Å². The lowest BCUT2D eigenvalue weighted by molar-refractivity contribution is 0.899. The summed E-state index contributed by atoms with van der Waals surface area (Å²) in [5.41, 5.74) is 5.95. The summed E-state index contributed by atoms with van der Waals surface area (Å²) in [5.74, 6) is 0.754. The fourth-order valence-corrected chi connectivity index (χ4v) is 3.99. The van der Waals surface area contributed by atoms with Crippen LogP contribution >= 0.6 is 0 Å². The molecular weight excluding hydrogens is 374 g/mol. The van der Waals surface area contributed by atoms with Crippen molar-refractivity contribution in [1.82, 2.24) is 19.9 Å². The Hall–Kier alpha value is -3.92. The van der Waals surface area contributed by atoms with E-state index in [4.69, 9.17) is 0 Å². The predicted octanol–water partition coefficient (Wildman–Crippen LogP) is 4.54. The number of nitrogens with one attached hydrogen (secondary N) is 2. The summed E-state index contributed by atoms with van der Waals surface area (Å²) in [7, 11) is 0. The molecule has 4 aromatic rings. The number of aryl methyl sites for hydroxylation is 1. The SMILES string of the molecule is Cc1c(Nc2c(C#N)cncc2-c2cnc(N3CCCC3)nc2)ccc2[nH]ccc12. The van der Waals surface area contributed by atoms with Crippen molar-refractivity contribution in [2.45, 2.75) is 19.8 Å². The van der Waals surface area contributed by atoms with Gasteiger partial charge in [0.15, 0.2) is 0 Å². The van der Waals surface area contributed by atoms with Gasteiger partial charge in [-0.3, -0.25) is 4.98 Å². The van der Waals surface area contributed by atoms with Gasteiger partial charge in [-0.25, -0.2) is 9.97 Å². The van der Waals surface area contributed by atoms with E-state index in [1.165, 1.54) is 12.8 Å². The molecule has 4 heterocycles. The van der Waals surface area contributed by atoms with E-state index in [0.717, 1.165) is 52.3 Å². The van der Waals surface area contributed by atoms with E-state index in [1.54, 1.807) is 12.4 Å². The molecule has 0 unspecified atom stereocenters. The quantitative estimate of drug-likeness (QED) is 0.527. The van der Waals surface area contributed by atoms with Crippen LogP contribution in [-0.4, -0.2) is 33.0 Å². The van der Waals surface area contributed by atoms with Crippen molar-refractivity contribution in [3.63, 3.8) is 0 Å². The van der Waals surface area contributed by atoms with Crippen LogP contribution in [0.3, 0.4) is 0 Å². The average Bonchev–Trinajstić information content (AvgIpc) is 3.48. The fourth-order valence-electron chi connectivity index (χ4n) is 3.99. The number of rotatable bonds is 4. The smallest absolute Gasteiger partial charge is 0.225 e. The monoisotopic (exact) mass is 395 g/mol. The van der Waals surface area contributed by atoms with Crippen LogP contribution in [0.2, 0.25) is 0 Å². The second-order valence-corrected chi connectivity index (χ2v) is 7.49. The van der Waals surface area contributed by atoms with Crippen molar-refractivity contribution in [2.24, 2.45) is 0 Å². The maximum absolute atomic E-state index is 9.69. The lowest BCUT2D eigenvalue weighted by Crippen LogP contribution is -2.20. The van der Waals surface area contributed by atoms with Crippen molar-refractivity contribution in [3.05, 3.63) is 60.3 Å². The molecule has 148 valence electrons.